The van der Waals surface area contributed by atoms with Crippen LogP contribution in [0.1, 0.15) is 44.2 Å². The maximum absolute atomic E-state index is 12.0. The lowest BCUT2D eigenvalue weighted by atomic mass is 10.0. The van der Waals surface area contributed by atoms with Crippen LogP contribution in [0.25, 0.3) is 0 Å². The van der Waals surface area contributed by atoms with Gasteiger partial charge in [-0.25, -0.2) is 0 Å². The number of carbonyl (C=O) groups is 2. The third-order valence-corrected chi connectivity index (χ3v) is 3.41. The smallest absolute Gasteiger partial charge is 0.308 e. The van der Waals surface area contributed by atoms with Crippen LogP contribution in [0.15, 0.2) is 42.5 Å². The van der Waals surface area contributed by atoms with Gasteiger partial charge in [-0.2, -0.15) is 0 Å². The molecular weight excluding hydrogens is 266 g/mol. The Morgan fingerprint density at radius 1 is 1.14 bits per heavy atom. The molecule has 0 saturated carbocycles. The fourth-order valence-electron chi connectivity index (χ4n) is 2.31. The second-order valence-corrected chi connectivity index (χ2v) is 5.28. The summed E-state index contributed by atoms with van der Waals surface area (Å²) < 4.78 is 5.37. The van der Waals surface area contributed by atoms with E-state index in [1.807, 2.05) is 49.4 Å². The Hall–Kier alpha value is -2.10. The zero-order chi connectivity index (χ0) is 15.1. The maximum atomic E-state index is 12.0. The molecule has 0 bridgehead atoms. The highest BCUT2D eigenvalue weighted by atomic mass is 16.5. The van der Waals surface area contributed by atoms with Crippen LogP contribution < -0.4 is 5.32 Å². The van der Waals surface area contributed by atoms with Gasteiger partial charge in [0, 0.05) is 12.8 Å². The second-order valence-electron chi connectivity index (χ2n) is 5.28. The maximum Gasteiger partial charge on any atom is 0.308 e. The normalized spacial score (nSPS) is 26.0. The van der Waals surface area contributed by atoms with Crippen molar-refractivity contribution in [3.05, 3.63) is 48.0 Å². The van der Waals surface area contributed by atoms with E-state index in [9.17, 15) is 9.59 Å². The summed E-state index contributed by atoms with van der Waals surface area (Å²) in [6.45, 7) is 1.88. The molecule has 0 fully saturated rings. The van der Waals surface area contributed by atoms with Crippen LogP contribution >= 0.6 is 0 Å². The van der Waals surface area contributed by atoms with Crippen molar-refractivity contribution in [3.63, 3.8) is 0 Å². The summed E-state index contributed by atoms with van der Waals surface area (Å²) in [6.07, 6.45) is 5.76. The summed E-state index contributed by atoms with van der Waals surface area (Å²) in [6, 6.07) is 9.19. The number of cyclic esters (lactones) is 1. The summed E-state index contributed by atoms with van der Waals surface area (Å²) in [4.78, 5) is 24.0. The first-order valence-electron chi connectivity index (χ1n) is 7.34. The van der Waals surface area contributed by atoms with Crippen molar-refractivity contribution in [2.75, 3.05) is 0 Å². The average molecular weight is 287 g/mol. The number of ether oxygens (including phenoxy) is 1. The third kappa shape index (κ3) is 5.06. The molecule has 0 spiro atoms. The van der Waals surface area contributed by atoms with Gasteiger partial charge in [-0.05, 0) is 18.9 Å². The average Bonchev–Trinajstić information content (AvgIpc) is 2.46. The monoisotopic (exact) mass is 287 g/mol. The zero-order valence-corrected chi connectivity index (χ0v) is 12.2. The molecule has 21 heavy (non-hydrogen) atoms. The van der Waals surface area contributed by atoms with Crippen molar-refractivity contribution >= 4 is 11.9 Å². The number of hydrogen-bond donors (Lipinski definition) is 1. The van der Waals surface area contributed by atoms with Gasteiger partial charge in [-0.3, -0.25) is 9.59 Å². The lowest BCUT2D eigenvalue weighted by Gasteiger charge is -2.20. The molecule has 0 radical (unpaired) electrons. The van der Waals surface area contributed by atoms with Gasteiger partial charge in [0.2, 0.25) is 5.91 Å². The number of nitrogens with one attached hydrogen (secondary N) is 1. The highest BCUT2D eigenvalue weighted by molar-refractivity contribution is 5.78. The lowest BCUT2D eigenvalue weighted by Crippen LogP contribution is -2.31. The van der Waals surface area contributed by atoms with E-state index in [1.54, 1.807) is 0 Å². The van der Waals surface area contributed by atoms with E-state index in [2.05, 4.69) is 5.32 Å². The van der Waals surface area contributed by atoms with E-state index in [-0.39, 0.29) is 30.4 Å². The predicted octanol–water partition coefficient (Wildman–Crippen LogP) is 2.91. The Balaban J connectivity index is 2.15. The van der Waals surface area contributed by atoms with Crippen LogP contribution in [0, 0.1) is 0 Å². The molecule has 1 N–H and O–H groups in total. The Labute approximate surface area is 125 Å². The van der Waals surface area contributed by atoms with Crippen molar-refractivity contribution < 1.29 is 14.3 Å². The molecule has 1 aliphatic rings. The molecule has 0 unspecified atom stereocenters. The molecule has 1 amide bonds. The summed E-state index contributed by atoms with van der Waals surface area (Å²) in [5, 5.41) is 2.92. The Bertz CT molecular complexity index is 510. The molecule has 0 aromatic heterocycles. The minimum absolute atomic E-state index is 0.0464. The van der Waals surface area contributed by atoms with Crippen molar-refractivity contribution in [2.45, 2.75) is 44.8 Å². The van der Waals surface area contributed by atoms with E-state index in [4.69, 9.17) is 4.74 Å². The Kier molecular flexibility index (Phi) is 5.55. The molecular formula is C17H21NO3. The molecule has 1 heterocycles. The minimum Gasteiger partial charge on any atom is -0.462 e. The van der Waals surface area contributed by atoms with E-state index in [0.29, 0.717) is 19.3 Å². The predicted molar refractivity (Wildman–Crippen MR) is 80.5 cm³/mol. The molecule has 1 aromatic carbocycles. The third-order valence-electron chi connectivity index (χ3n) is 3.41. The lowest BCUT2D eigenvalue weighted by molar-refractivity contribution is -0.148. The fourth-order valence-corrected chi connectivity index (χ4v) is 2.31. The van der Waals surface area contributed by atoms with Crippen molar-refractivity contribution in [3.8, 4) is 0 Å². The number of esters is 1. The van der Waals surface area contributed by atoms with Gasteiger partial charge in [-0.1, -0.05) is 42.5 Å². The van der Waals surface area contributed by atoms with Gasteiger partial charge in [0.15, 0.2) is 0 Å². The van der Waals surface area contributed by atoms with Crippen LogP contribution in [0.2, 0.25) is 0 Å². The van der Waals surface area contributed by atoms with Crippen molar-refractivity contribution in [1.82, 2.24) is 5.32 Å². The van der Waals surface area contributed by atoms with Crippen LogP contribution in [0.5, 0.6) is 0 Å². The number of carbonyl (C=O) groups excluding carboxylic acids is 2. The molecule has 1 aromatic rings. The van der Waals surface area contributed by atoms with Gasteiger partial charge in [0.1, 0.15) is 6.10 Å². The molecule has 0 aliphatic carbocycles. The SMILES string of the molecule is C[C@@H]1C/C=C/CCC(=O)N[C@H](c2ccccc2)CC(=O)O1. The molecule has 1 aliphatic heterocycles. The first kappa shape index (κ1) is 15.3. The van der Waals surface area contributed by atoms with Crippen molar-refractivity contribution in [1.29, 1.82) is 0 Å². The number of benzene rings is 1. The van der Waals surface area contributed by atoms with Gasteiger partial charge >= 0.3 is 5.97 Å². The van der Waals surface area contributed by atoms with Crippen LogP contribution in [0.4, 0.5) is 0 Å². The van der Waals surface area contributed by atoms with E-state index < -0.39 is 0 Å². The summed E-state index contributed by atoms with van der Waals surface area (Å²) in [7, 11) is 0. The molecule has 112 valence electrons. The van der Waals surface area contributed by atoms with Crippen LogP contribution in [-0.4, -0.2) is 18.0 Å². The van der Waals surface area contributed by atoms with Crippen molar-refractivity contribution in [2.24, 2.45) is 0 Å². The molecule has 2 rings (SSSR count). The molecule has 2 atom stereocenters. The molecule has 4 heteroatoms. The number of rotatable bonds is 1. The van der Waals surface area contributed by atoms with Gasteiger partial charge < -0.3 is 10.1 Å². The Morgan fingerprint density at radius 2 is 1.90 bits per heavy atom. The van der Waals surface area contributed by atoms with E-state index in [0.717, 1.165) is 5.56 Å². The summed E-state index contributed by atoms with van der Waals surface area (Å²) >= 11 is 0. The minimum atomic E-state index is -0.332. The largest absolute Gasteiger partial charge is 0.462 e. The summed E-state index contributed by atoms with van der Waals surface area (Å²) in [5.74, 6) is -0.333. The highest BCUT2D eigenvalue weighted by Crippen LogP contribution is 2.19. The quantitative estimate of drug-likeness (QED) is 0.638. The highest BCUT2D eigenvalue weighted by Gasteiger charge is 2.20. The number of hydrogen-bond acceptors (Lipinski definition) is 3. The standard InChI is InChI=1S/C17H21NO3/c1-13-8-4-2-7-11-16(19)18-15(12-17(20)21-13)14-9-5-3-6-10-14/h2-6,9-10,13,15H,7-8,11-12H2,1H3,(H,18,19)/b4-2+/t13-,15+/m1/s1. The Morgan fingerprint density at radius 3 is 2.67 bits per heavy atom. The second kappa shape index (κ2) is 7.62. The van der Waals surface area contributed by atoms with Gasteiger partial charge in [0.25, 0.3) is 0 Å². The zero-order valence-electron chi connectivity index (χ0n) is 12.2. The molecule has 0 saturated heterocycles. The van der Waals surface area contributed by atoms with E-state index in [1.165, 1.54) is 0 Å². The topological polar surface area (TPSA) is 55.4 Å². The summed E-state index contributed by atoms with van der Waals surface area (Å²) in [5.41, 5.74) is 0.919. The van der Waals surface area contributed by atoms with Gasteiger partial charge in [0.05, 0.1) is 12.5 Å². The number of amides is 1. The van der Waals surface area contributed by atoms with Crippen LogP contribution in [-0.2, 0) is 14.3 Å². The van der Waals surface area contributed by atoms with Gasteiger partial charge in [-0.15, -0.1) is 0 Å². The number of allylic oxidation sites excluding steroid dienone is 1. The first-order valence-corrected chi connectivity index (χ1v) is 7.34. The first-order chi connectivity index (χ1) is 10.1. The van der Waals surface area contributed by atoms with E-state index >= 15 is 0 Å². The molecule has 4 nitrogen and oxygen atoms in total. The fraction of sp³-hybridized carbons (Fsp3) is 0.412. The van der Waals surface area contributed by atoms with Crippen LogP contribution in [0.3, 0.4) is 0 Å².